The summed E-state index contributed by atoms with van der Waals surface area (Å²) >= 11 is 0. The maximum absolute atomic E-state index is 13.8. The maximum atomic E-state index is 13.8. The van der Waals surface area contributed by atoms with E-state index in [2.05, 4.69) is 42.6 Å². The molecule has 1 aliphatic carbocycles. The number of rotatable bonds is 9. The van der Waals surface area contributed by atoms with Gasteiger partial charge in [0.05, 0.1) is 23.5 Å². The molecule has 8 heteroatoms. The minimum Gasteiger partial charge on any atom is -0.444 e. The van der Waals surface area contributed by atoms with E-state index in [0.717, 1.165) is 54.1 Å². The lowest BCUT2D eigenvalue weighted by molar-refractivity contribution is -0.121. The summed E-state index contributed by atoms with van der Waals surface area (Å²) in [5.74, 6) is 0.786. The van der Waals surface area contributed by atoms with Crippen LogP contribution in [0.4, 0.5) is 4.79 Å². The molecule has 1 fully saturated rings. The fourth-order valence-electron chi connectivity index (χ4n) is 6.50. The molecule has 3 aromatic rings. The van der Waals surface area contributed by atoms with Crippen molar-refractivity contribution in [3.63, 3.8) is 0 Å². The molecular weight excluding hydrogens is 552 g/mol. The molecule has 0 radical (unpaired) electrons. The average molecular weight is 599 g/mol. The molecule has 1 saturated carbocycles. The zero-order chi connectivity index (χ0) is 31.3. The van der Waals surface area contributed by atoms with Crippen molar-refractivity contribution >= 4 is 17.6 Å². The number of nitrogens with one attached hydrogen (secondary N) is 1. The quantitative estimate of drug-likeness (QED) is 0.306. The Morgan fingerprint density at radius 2 is 1.73 bits per heavy atom. The van der Waals surface area contributed by atoms with Gasteiger partial charge in [-0.05, 0) is 88.1 Å². The second kappa shape index (κ2) is 13.8. The number of methoxy groups -OCH3 is 1. The summed E-state index contributed by atoms with van der Waals surface area (Å²) in [7, 11) is 1.75. The van der Waals surface area contributed by atoms with Crippen molar-refractivity contribution in [1.29, 1.82) is 0 Å². The number of hydrogen-bond acceptors (Lipinski definition) is 5. The zero-order valence-corrected chi connectivity index (χ0v) is 26.7. The number of nitrogens with zero attached hydrogens (tertiary/aromatic N) is 3. The van der Waals surface area contributed by atoms with Crippen molar-refractivity contribution in [2.75, 3.05) is 26.8 Å². The lowest BCUT2D eigenvalue weighted by atomic mass is 9.93. The fourth-order valence-corrected chi connectivity index (χ4v) is 6.50. The van der Waals surface area contributed by atoms with E-state index < -0.39 is 5.60 Å². The van der Waals surface area contributed by atoms with Crippen LogP contribution in [0.15, 0.2) is 66.7 Å². The Morgan fingerprint density at radius 1 is 1.02 bits per heavy atom. The van der Waals surface area contributed by atoms with Crippen molar-refractivity contribution in [3.8, 4) is 5.69 Å². The second-order valence-corrected chi connectivity index (χ2v) is 13.1. The summed E-state index contributed by atoms with van der Waals surface area (Å²) < 4.78 is 12.9. The van der Waals surface area contributed by atoms with Gasteiger partial charge in [0.25, 0.3) is 0 Å². The Bertz CT molecular complexity index is 1460. The summed E-state index contributed by atoms with van der Waals surface area (Å²) in [4.78, 5) is 28.1. The molecule has 0 saturated heterocycles. The van der Waals surface area contributed by atoms with Gasteiger partial charge >= 0.3 is 6.09 Å². The van der Waals surface area contributed by atoms with Crippen LogP contribution >= 0.6 is 0 Å². The number of benzene rings is 2. The topological polar surface area (TPSA) is 85.7 Å². The fraction of sp³-hybridized carbons (Fsp3) is 0.472. The predicted octanol–water partition coefficient (Wildman–Crippen LogP) is 6.46. The van der Waals surface area contributed by atoms with Crippen molar-refractivity contribution in [2.24, 2.45) is 5.92 Å². The highest BCUT2D eigenvalue weighted by molar-refractivity contribution is 5.80. The molecule has 44 heavy (non-hydrogen) atoms. The van der Waals surface area contributed by atoms with E-state index in [1.165, 1.54) is 5.56 Å². The first-order chi connectivity index (χ1) is 21.1. The first-order valence-corrected chi connectivity index (χ1v) is 15.8. The van der Waals surface area contributed by atoms with Gasteiger partial charge in [-0.3, -0.25) is 4.79 Å². The van der Waals surface area contributed by atoms with Crippen LogP contribution in [0, 0.1) is 12.8 Å². The summed E-state index contributed by atoms with van der Waals surface area (Å²) in [6, 6.07) is 20.6. The van der Waals surface area contributed by atoms with Gasteiger partial charge in [-0.1, -0.05) is 54.6 Å². The molecule has 1 N–H and O–H groups in total. The van der Waals surface area contributed by atoms with E-state index in [-0.39, 0.29) is 30.4 Å². The van der Waals surface area contributed by atoms with Crippen molar-refractivity contribution in [1.82, 2.24) is 20.0 Å². The molecule has 0 bridgehead atoms. The van der Waals surface area contributed by atoms with Crippen LogP contribution in [0.25, 0.3) is 11.3 Å². The SMILES string of the molecule is COCC[C@@H]1C[C@@H](NC(=O)Cc2c(C)c(C3=CCN(C(=O)OC(C)(C)C)CC3)nn2-c2ccccc2)[C@H](c2ccccc2)C1. The van der Waals surface area contributed by atoms with Gasteiger partial charge in [-0.15, -0.1) is 0 Å². The predicted molar refractivity (Wildman–Crippen MR) is 173 cm³/mol. The van der Waals surface area contributed by atoms with Gasteiger partial charge in [0.1, 0.15) is 5.60 Å². The van der Waals surface area contributed by atoms with E-state index in [1.807, 2.05) is 61.9 Å². The van der Waals surface area contributed by atoms with Crippen LogP contribution in [0.1, 0.15) is 74.9 Å². The Kier molecular flexibility index (Phi) is 9.89. The monoisotopic (exact) mass is 598 g/mol. The first-order valence-electron chi connectivity index (χ1n) is 15.8. The van der Waals surface area contributed by atoms with E-state index in [4.69, 9.17) is 14.6 Å². The highest BCUT2D eigenvalue weighted by atomic mass is 16.6. The van der Waals surface area contributed by atoms with Gasteiger partial charge < -0.3 is 19.7 Å². The molecule has 0 spiro atoms. The van der Waals surface area contributed by atoms with Gasteiger partial charge in [-0.25, -0.2) is 9.48 Å². The number of carbonyl (C=O) groups is 2. The number of ether oxygens (including phenoxy) is 2. The first kappa shape index (κ1) is 31.5. The Balaban J connectivity index is 1.37. The molecule has 234 valence electrons. The molecular formula is C36H46N4O4. The summed E-state index contributed by atoms with van der Waals surface area (Å²) in [6.45, 7) is 9.43. The molecule has 8 nitrogen and oxygen atoms in total. The highest BCUT2D eigenvalue weighted by Crippen LogP contribution is 2.40. The van der Waals surface area contributed by atoms with Gasteiger partial charge in [-0.2, -0.15) is 5.10 Å². The van der Waals surface area contributed by atoms with Gasteiger partial charge in [0, 0.05) is 38.8 Å². The van der Waals surface area contributed by atoms with Crippen LogP contribution in [0.5, 0.6) is 0 Å². The van der Waals surface area contributed by atoms with Crippen molar-refractivity contribution in [2.45, 2.75) is 77.4 Å². The van der Waals surface area contributed by atoms with E-state index in [9.17, 15) is 9.59 Å². The van der Waals surface area contributed by atoms with Crippen molar-refractivity contribution < 1.29 is 19.1 Å². The van der Waals surface area contributed by atoms with E-state index in [0.29, 0.717) is 25.4 Å². The lowest BCUT2D eigenvalue weighted by Gasteiger charge is -2.29. The van der Waals surface area contributed by atoms with Crippen LogP contribution in [0.3, 0.4) is 0 Å². The van der Waals surface area contributed by atoms with Crippen LogP contribution in [-0.4, -0.2) is 65.1 Å². The van der Waals surface area contributed by atoms with E-state index in [1.54, 1.807) is 12.0 Å². The molecule has 2 aromatic carbocycles. The Morgan fingerprint density at radius 3 is 2.36 bits per heavy atom. The third-order valence-corrected chi connectivity index (χ3v) is 8.70. The number of amides is 2. The van der Waals surface area contributed by atoms with Gasteiger partial charge in [0.2, 0.25) is 5.91 Å². The normalized spacial score (nSPS) is 20.3. The molecule has 2 heterocycles. The minimum atomic E-state index is -0.536. The number of aromatic nitrogens is 2. The molecule has 5 rings (SSSR count). The highest BCUT2D eigenvalue weighted by Gasteiger charge is 2.36. The molecule has 1 aromatic heterocycles. The number of para-hydroxylation sites is 1. The third-order valence-electron chi connectivity index (χ3n) is 8.70. The maximum Gasteiger partial charge on any atom is 0.410 e. The van der Waals surface area contributed by atoms with Gasteiger partial charge in [0.15, 0.2) is 0 Å². The zero-order valence-electron chi connectivity index (χ0n) is 26.7. The summed E-state index contributed by atoms with van der Waals surface area (Å²) in [6.07, 6.45) is 5.63. The van der Waals surface area contributed by atoms with E-state index >= 15 is 0 Å². The molecule has 0 unspecified atom stereocenters. The third kappa shape index (κ3) is 7.59. The molecule has 3 atom stereocenters. The lowest BCUT2D eigenvalue weighted by Crippen LogP contribution is -2.39. The smallest absolute Gasteiger partial charge is 0.410 e. The van der Waals surface area contributed by atoms with Crippen molar-refractivity contribution in [3.05, 3.63) is 89.3 Å². The summed E-state index contributed by atoms with van der Waals surface area (Å²) in [5, 5.41) is 8.47. The average Bonchev–Trinajstić information content (AvgIpc) is 3.56. The summed E-state index contributed by atoms with van der Waals surface area (Å²) in [5.41, 5.74) is 5.48. The number of carbonyl (C=O) groups excluding carboxylic acids is 2. The molecule has 2 aliphatic rings. The number of hydrogen-bond donors (Lipinski definition) is 1. The Hall–Kier alpha value is -3.91. The standard InChI is InChI=1S/C36H46N4O4/c1-25-32(24-33(41)37-31-23-26(18-21-43-5)22-30(31)27-12-8-6-9-13-27)40(29-14-10-7-11-15-29)38-34(25)28-16-19-39(20-17-28)35(42)44-36(2,3)4/h6-16,26,30-31H,17-24H2,1-5H3,(H,37,41)/t26-,30-,31+/m0/s1. The van der Waals surface area contributed by atoms with Crippen LogP contribution in [-0.2, 0) is 20.7 Å². The van der Waals surface area contributed by atoms with Crippen LogP contribution < -0.4 is 5.32 Å². The molecule has 1 aliphatic heterocycles. The molecule has 2 amide bonds. The second-order valence-electron chi connectivity index (χ2n) is 13.1. The Labute approximate surface area is 261 Å². The largest absolute Gasteiger partial charge is 0.444 e. The minimum absolute atomic E-state index is 0.00350. The van der Waals surface area contributed by atoms with Crippen LogP contribution in [0.2, 0.25) is 0 Å².